The quantitative estimate of drug-likeness (QED) is 0.570. The van der Waals surface area contributed by atoms with E-state index in [1.807, 2.05) is 0 Å². The summed E-state index contributed by atoms with van der Waals surface area (Å²) in [6.45, 7) is 5.33. The van der Waals surface area contributed by atoms with Crippen LogP contribution in [0.3, 0.4) is 0 Å². The lowest BCUT2D eigenvalue weighted by atomic mass is 10.0. The minimum absolute atomic E-state index is 0.406. The predicted octanol–water partition coefficient (Wildman–Crippen LogP) is 3.06. The first-order valence-electron chi connectivity index (χ1n) is 5.48. The standard InChI is InChI=1S/C14H19N/c1-4-5-8-11-15-13(3)14-10-7-6-9-12(14)2/h1,6-7,9-10,13,15H,5,8,11H2,2-3H3/t13-/m1/s1. The number of aryl methyl sites for hydroxylation is 1. The predicted molar refractivity (Wildman–Crippen MR) is 65.7 cm³/mol. The van der Waals surface area contributed by atoms with Crippen LogP contribution in [0.2, 0.25) is 0 Å². The molecule has 0 fully saturated rings. The van der Waals surface area contributed by atoms with Gasteiger partial charge in [-0.2, -0.15) is 0 Å². The van der Waals surface area contributed by atoms with Crippen molar-refractivity contribution >= 4 is 0 Å². The van der Waals surface area contributed by atoms with Crippen LogP contribution >= 0.6 is 0 Å². The number of rotatable bonds is 5. The summed E-state index contributed by atoms with van der Waals surface area (Å²) in [4.78, 5) is 0. The van der Waals surface area contributed by atoms with E-state index in [-0.39, 0.29) is 0 Å². The van der Waals surface area contributed by atoms with Gasteiger partial charge in [0.1, 0.15) is 0 Å². The van der Waals surface area contributed by atoms with Crippen LogP contribution in [0.1, 0.15) is 36.9 Å². The van der Waals surface area contributed by atoms with Gasteiger partial charge in [0, 0.05) is 12.5 Å². The summed E-state index contributed by atoms with van der Waals surface area (Å²) in [6, 6.07) is 8.89. The van der Waals surface area contributed by atoms with Gasteiger partial charge in [-0.1, -0.05) is 24.3 Å². The molecule has 0 radical (unpaired) electrons. The summed E-state index contributed by atoms with van der Waals surface area (Å²) >= 11 is 0. The molecule has 0 aromatic heterocycles. The Balaban J connectivity index is 2.44. The zero-order valence-electron chi connectivity index (χ0n) is 9.59. The van der Waals surface area contributed by atoms with Crippen LogP contribution in [0.4, 0.5) is 0 Å². The molecular weight excluding hydrogens is 182 g/mol. The Morgan fingerprint density at radius 3 is 2.80 bits per heavy atom. The highest BCUT2D eigenvalue weighted by Crippen LogP contribution is 2.16. The molecule has 1 atom stereocenters. The minimum atomic E-state index is 0.406. The average molecular weight is 201 g/mol. The van der Waals surface area contributed by atoms with E-state index in [4.69, 9.17) is 6.42 Å². The largest absolute Gasteiger partial charge is 0.310 e. The molecular formula is C14H19N. The highest BCUT2D eigenvalue weighted by Gasteiger charge is 2.05. The van der Waals surface area contributed by atoms with E-state index in [2.05, 4.69) is 49.4 Å². The SMILES string of the molecule is C#CCCCN[C@H](C)c1ccccc1C. The fourth-order valence-corrected chi connectivity index (χ4v) is 1.69. The van der Waals surface area contributed by atoms with Gasteiger partial charge in [0.2, 0.25) is 0 Å². The molecule has 1 heteroatoms. The van der Waals surface area contributed by atoms with E-state index < -0.39 is 0 Å². The van der Waals surface area contributed by atoms with Crippen LogP contribution in [-0.2, 0) is 0 Å². The lowest BCUT2D eigenvalue weighted by molar-refractivity contribution is 0.560. The second-order valence-corrected chi connectivity index (χ2v) is 3.84. The van der Waals surface area contributed by atoms with Gasteiger partial charge in [-0.3, -0.25) is 0 Å². The Kier molecular flexibility index (Phi) is 4.93. The van der Waals surface area contributed by atoms with E-state index in [9.17, 15) is 0 Å². The molecule has 1 rings (SSSR count). The molecule has 1 aromatic rings. The fraction of sp³-hybridized carbons (Fsp3) is 0.429. The van der Waals surface area contributed by atoms with Crippen molar-refractivity contribution in [1.29, 1.82) is 0 Å². The highest BCUT2D eigenvalue weighted by molar-refractivity contribution is 5.28. The van der Waals surface area contributed by atoms with Crippen molar-refractivity contribution < 1.29 is 0 Å². The van der Waals surface area contributed by atoms with Crippen LogP contribution in [0.25, 0.3) is 0 Å². The van der Waals surface area contributed by atoms with E-state index in [1.54, 1.807) is 0 Å². The normalized spacial score (nSPS) is 12.1. The van der Waals surface area contributed by atoms with Crippen LogP contribution in [0.15, 0.2) is 24.3 Å². The van der Waals surface area contributed by atoms with Crippen molar-refractivity contribution in [2.75, 3.05) is 6.54 Å². The van der Waals surface area contributed by atoms with Gasteiger partial charge in [0.05, 0.1) is 0 Å². The van der Waals surface area contributed by atoms with Crippen LogP contribution < -0.4 is 5.32 Å². The van der Waals surface area contributed by atoms with Gasteiger partial charge in [0.15, 0.2) is 0 Å². The lowest BCUT2D eigenvalue weighted by Crippen LogP contribution is -2.20. The molecule has 0 aliphatic rings. The Hall–Kier alpha value is -1.26. The van der Waals surface area contributed by atoms with Gasteiger partial charge in [0.25, 0.3) is 0 Å². The van der Waals surface area contributed by atoms with Gasteiger partial charge in [-0.15, -0.1) is 12.3 Å². The number of benzene rings is 1. The maximum absolute atomic E-state index is 5.20. The summed E-state index contributed by atoms with van der Waals surface area (Å²) in [6.07, 6.45) is 7.11. The number of hydrogen-bond donors (Lipinski definition) is 1. The second kappa shape index (κ2) is 6.27. The maximum Gasteiger partial charge on any atom is 0.0294 e. The Morgan fingerprint density at radius 1 is 1.40 bits per heavy atom. The van der Waals surface area contributed by atoms with Crippen molar-refractivity contribution in [1.82, 2.24) is 5.32 Å². The zero-order valence-corrected chi connectivity index (χ0v) is 9.59. The monoisotopic (exact) mass is 201 g/mol. The number of nitrogens with one attached hydrogen (secondary N) is 1. The van der Waals surface area contributed by atoms with Crippen LogP contribution in [0, 0.1) is 19.3 Å². The highest BCUT2D eigenvalue weighted by atomic mass is 14.9. The van der Waals surface area contributed by atoms with E-state index in [0.29, 0.717) is 6.04 Å². The number of terminal acetylenes is 1. The summed E-state index contributed by atoms with van der Waals surface area (Å²) in [5.74, 6) is 2.65. The Labute approximate surface area is 92.9 Å². The number of hydrogen-bond acceptors (Lipinski definition) is 1. The fourth-order valence-electron chi connectivity index (χ4n) is 1.69. The van der Waals surface area contributed by atoms with E-state index >= 15 is 0 Å². The van der Waals surface area contributed by atoms with Gasteiger partial charge in [-0.25, -0.2) is 0 Å². The number of unbranched alkanes of at least 4 members (excludes halogenated alkanes) is 1. The lowest BCUT2D eigenvalue weighted by Gasteiger charge is -2.16. The smallest absolute Gasteiger partial charge is 0.0294 e. The molecule has 80 valence electrons. The summed E-state index contributed by atoms with van der Waals surface area (Å²) in [5, 5.41) is 3.48. The maximum atomic E-state index is 5.20. The van der Waals surface area contributed by atoms with Gasteiger partial charge < -0.3 is 5.32 Å². The first kappa shape index (κ1) is 11.8. The second-order valence-electron chi connectivity index (χ2n) is 3.84. The third kappa shape index (κ3) is 3.77. The third-order valence-electron chi connectivity index (χ3n) is 2.60. The van der Waals surface area contributed by atoms with Crippen molar-refractivity contribution in [2.45, 2.75) is 32.7 Å². The molecule has 0 spiro atoms. The van der Waals surface area contributed by atoms with Crippen LogP contribution in [-0.4, -0.2) is 6.54 Å². The molecule has 0 aliphatic heterocycles. The summed E-state index contributed by atoms with van der Waals surface area (Å²) in [7, 11) is 0. The molecule has 1 nitrogen and oxygen atoms in total. The topological polar surface area (TPSA) is 12.0 Å². The molecule has 0 bridgehead atoms. The average Bonchev–Trinajstić information content (AvgIpc) is 2.25. The third-order valence-corrected chi connectivity index (χ3v) is 2.60. The van der Waals surface area contributed by atoms with Crippen molar-refractivity contribution in [2.24, 2.45) is 0 Å². The molecule has 0 saturated carbocycles. The van der Waals surface area contributed by atoms with Gasteiger partial charge >= 0.3 is 0 Å². The van der Waals surface area contributed by atoms with Crippen molar-refractivity contribution in [3.8, 4) is 12.3 Å². The summed E-state index contributed by atoms with van der Waals surface area (Å²) < 4.78 is 0. The van der Waals surface area contributed by atoms with Crippen molar-refractivity contribution in [3.63, 3.8) is 0 Å². The first-order valence-corrected chi connectivity index (χ1v) is 5.48. The molecule has 15 heavy (non-hydrogen) atoms. The van der Waals surface area contributed by atoms with Crippen molar-refractivity contribution in [3.05, 3.63) is 35.4 Å². The molecule has 1 N–H and O–H groups in total. The van der Waals surface area contributed by atoms with Crippen LogP contribution in [0.5, 0.6) is 0 Å². The first-order chi connectivity index (χ1) is 7.25. The Bertz CT molecular complexity index is 335. The molecule has 0 amide bonds. The van der Waals surface area contributed by atoms with E-state index in [1.165, 1.54) is 11.1 Å². The Morgan fingerprint density at radius 2 is 2.13 bits per heavy atom. The van der Waals surface area contributed by atoms with Gasteiger partial charge in [-0.05, 0) is 37.9 Å². The molecule has 1 aromatic carbocycles. The molecule has 0 heterocycles. The molecule has 0 aliphatic carbocycles. The molecule has 0 saturated heterocycles. The summed E-state index contributed by atoms with van der Waals surface area (Å²) in [5.41, 5.74) is 2.72. The zero-order chi connectivity index (χ0) is 11.1. The minimum Gasteiger partial charge on any atom is -0.310 e. The van der Waals surface area contributed by atoms with E-state index in [0.717, 1.165) is 19.4 Å². The molecule has 0 unspecified atom stereocenters.